The molecule has 1 aromatic heterocycles. The molecule has 15 heavy (non-hydrogen) atoms. The molecule has 0 bridgehead atoms. The average molecular weight is 224 g/mol. The van der Waals surface area contributed by atoms with Crippen LogP contribution in [0.4, 0.5) is 13.2 Å². The predicted octanol–water partition coefficient (Wildman–Crippen LogP) is 1.76. The number of nitrogens with zero attached hydrogens (tertiary/aromatic N) is 1. The second-order valence-corrected chi connectivity index (χ2v) is 2.98. The van der Waals surface area contributed by atoms with E-state index in [0.29, 0.717) is 5.56 Å². The van der Waals surface area contributed by atoms with Crippen molar-refractivity contribution in [3.8, 4) is 0 Å². The first-order valence-corrected chi connectivity index (χ1v) is 4.36. The van der Waals surface area contributed by atoms with Crippen LogP contribution in [0.25, 0.3) is 0 Å². The van der Waals surface area contributed by atoms with Gasteiger partial charge in [-0.2, -0.15) is 5.10 Å². The Balaban J connectivity index is 2.16. The van der Waals surface area contributed by atoms with Crippen LogP contribution in [-0.2, 0) is 4.74 Å². The van der Waals surface area contributed by atoms with Gasteiger partial charge in [0.15, 0.2) is 0 Å². The number of aromatic nitrogens is 2. The number of hydrogen-bond acceptors (Lipinski definition) is 3. The molecule has 0 radical (unpaired) electrons. The molecule has 0 aromatic carbocycles. The Kier molecular flexibility index (Phi) is 4.10. The van der Waals surface area contributed by atoms with Crippen molar-refractivity contribution in [1.82, 2.24) is 10.2 Å². The molecule has 1 rings (SSSR count). The minimum atomic E-state index is -4.60. The highest BCUT2D eigenvalue weighted by Crippen LogP contribution is 2.19. The van der Waals surface area contributed by atoms with Crippen LogP contribution >= 0.6 is 0 Å². The summed E-state index contributed by atoms with van der Waals surface area (Å²) in [5, 5.41) is 15.6. The third-order valence-electron chi connectivity index (χ3n) is 1.79. The second kappa shape index (κ2) is 5.13. The molecule has 2 N–H and O–H groups in total. The molecule has 1 aromatic rings. The molecule has 86 valence electrons. The van der Waals surface area contributed by atoms with Crippen LogP contribution in [0.5, 0.6) is 0 Å². The van der Waals surface area contributed by atoms with Gasteiger partial charge in [0.1, 0.15) is 0 Å². The van der Waals surface area contributed by atoms with Gasteiger partial charge in [-0.05, 0) is 12.8 Å². The standard InChI is InChI=1S/C8H11F3N2O2/c9-8(10,11)15-3-1-2-7(14)6-4-12-13-5-6/h4-5,7,14H,1-3H2,(H,12,13). The van der Waals surface area contributed by atoms with Crippen LogP contribution in [0.2, 0.25) is 0 Å². The molecule has 1 atom stereocenters. The van der Waals surface area contributed by atoms with E-state index in [-0.39, 0.29) is 12.8 Å². The molecule has 0 fully saturated rings. The zero-order chi connectivity index (χ0) is 11.3. The molecule has 0 saturated heterocycles. The smallest absolute Gasteiger partial charge is 0.388 e. The Hall–Kier alpha value is -1.08. The molecular weight excluding hydrogens is 213 g/mol. The molecule has 0 saturated carbocycles. The largest absolute Gasteiger partial charge is 0.522 e. The number of aromatic amines is 1. The molecular formula is C8H11F3N2O2. The van der Waals surface area contributed by atoms with Gasteiger partial charge in [0.25, 0.3) is 0 Å². The minimum Gasteiger partial charge on any atom is -0.388 e. The number of hydrogen-bond donors (Lipinski definition) is 2. The van der Waals surface area contributed by atoms with E-state index in [1.807, 2.05) is 0 Å². The Labute approximate surface area is 84.1 Å². The number of alkyl halides is 3. The van der Waals surface area contributed by atoms with Gasteiger partial charge in [-0.15, -0.1) is 13.2 Å². The fourth-order valence-electron chi connectivity index (χ4n) is 1.07. The predicted molar refractivity (Wildman–Crippen MR) is 44.8 cm³/mol. The Bertz CT molecular complexity index is 274. The van der Waals surface area contributed by atoms with E-state index in [4.69, 9.17) is 0 Å². The lowest BCUT2D eigenvalue weighted by Gasteiger charge is -2.09. The Morgan fingerprint density at radius 3 is 2.80 bits per heavy atom. The van der Waals surface area contributed by atoms with Crippen molar-refractivity contribution >= 4 is 0 Å². The summed E-state index contributed by atoms with van der Waals surface area (Å²) in [6.45, 7) is -0.446. The molecule has 0 amide bonds. The van der Waals surface area contributed by atoms with Crippen LogP contribution in [0, 0.1) is 0 Å². The summed E-state index contributed by atoms with van der Waals surface area (Å²) < 4.78 is 38.2. The molecule has 7 heteroatoms. The van der Waals surface area contributed by atoms with E-state index in [2.05, 4.69) is 14.9 Å². The van der Waals surface area contributed by atoms with Gasteiger partial charge >= 0.3 is 6.36 Å². The van der Waals surface area contributed by atoms with Crippen LogP contribution in [0.3, 0.4) is 0 Å². The van der Waals surface area contributed by atoms with Gasteiger partial charge in [0, 0.05) is 11.8 Å². The Morgan fingerprint density at radius 2 is 2.27 bits per heavy atom. The highest BCUT2D eigenvalue weighted by atomic mass is 19.4. The zero-order valence-electron chi connectivity index (χ0n) is 7.79. The zero-order valence-corrected chi connectivity index (χ0v) is 7.79. The number of nitrogens with one attached hydrogen (secondary N) is 1. The van der Waals surface area contributed by atoms with Crippen LogP contribution < -0.4 is 0 Å². The highest BCUT2D eigenvalue weighted by Gasteiger charge is 2.28. The summed E-state index contributed by atoms with van der Waals surface area (Å²) in [5.41, 5.74) is 0.557. The van der Waals surface area contributed by atoms with E-state index in [9.17, 15) is 18.3 Å². The van der Waals surface area contributed by atoms with E-state index < -0.39 is 19.1 Å². The van der Waals surface area contributed by atoms with E-state index in [1.54, 1.807) is 0 Å². The lowest BCUT2D eigenvalue weighted by atomic mass is 10.1. The maximum atomic E-state index is 11.6. The van der Waals surface area contributed by atoms with Gasteiger partial charge < -0.3 is 5.11 Å². The lowest BCUT2D eigenvalue weighted by Crippen LogP contribution is -2.14. The molecule has 0 aliphatic carbocycles. The molecule has 1 heterocycles. The second-order valence-electron chi connectivity index (χ2n) is 2.98. The minimum absolute atomic E-state index is 0.131. The average Bonchev–Trinajstić information content (AvgIpc) is 2.63. The molecule has 1 unspecified atom stereocenters. The van der Waals surface area contributed by atoms with E-state index in [1.165, 1.54) is 12.4 Å². The van der Waals surface area contributed by atoms with Gasteiger partial charge in [-0.1, -0.05) is 0 Å². The summed E-state index contributed by atoms with van der Waals surface area (Å²) in [6, 6.07) is 0. The van der Waals surface area contributed by atoms with Crippen molar-refractivity contribution in [1.29, 1.82) is 0 Å². The van der Waals surface area contributed by atoms with Crippen LogP contribution in [0.1, 0.15) is 24.5 Å². The fraction of sp³-hybridized carbons (Fsp3) is 0.625. The quantitative estimate of drug-likeness (QED) is 0.749. The van der Waals surface area contributed by atoms with Crippen molar-refractivity contribution in [2.75, 3.05) is 6.61 Å². The Morgan fingerprint density at radius 1 is 1.53 bits per heavy atom. The summed E-state index contributed by atoms with van der Waals surface area (Å²) in [5.74, 6) is 0. The summed E-state index contributed by atoms with van der Waals surface area (Å²) >= 11 is 0. The van der Waals surface area contributed by atoms with Crippen LogP contribution in [-0.4, -0.2) is 28.3 Å². The van der Waals surface area contributed by atoms with Crippen molar-refractivity contribution in [3.05, 3.63) is 18.0 Å². The summed E-state index contributed by atoms with van der Waals surface area (Å²) in [6.07, 6.45) is -2.15. The van der Waals surface area contributed by atoms with Crippen molar-refractivity contribution < 1.29 is 23.0 Å². The summed E-state index contributed by atoms with van der Waals surface area (Å²) in [4.78, 5) is 0. The lowest BCUT2D eigenvalue weighted by molar-refractivity contribution is -0.324. The van der Waals surface area contributed by atoms with Crippen LogP contribution in [0.15, 0.2) is 12.4 Å². The molecule has 0 spiro atoms. The van der Waals surface area contributed by atoms with Gasteiger partial charge in [-0.3, -0.25) is 9.84 Å². The number of aliphatic hydroxyl groups excluding tert-OH is 1. The number of rotatable bonds is 5. The maximum absolute atomic E-state index is 11.6. The maximum Gasteiger partial charge on any atom is 0.522 e. The highest BCUT2D eigenvalue weighted by molar-refractivity contribution is 5.06. The first kappa shape index (κ1) is 12.0. The van der Waals surface area contributed by atoms with Crippen molar-refractivity contribution in [3.63, 3.8) is 0 Å². The van der Waals surface area contributed by atoms with E-state index in [0.717, 1.165) is 0 Å². The monoisotopic (exact) mass is 224 g/mol. The first-order valence-electron chi connectivity index (χ1n) is 4.36. The number of H-pyrrole nitrogens is 1. The number of halogens is 3. The molecule has 4 nitrogen and oxygen atoms in total. The first-order chi connectivity index (χ1) is 6.99. The van der Waals surface area contributed by atoms with Crippen molar-refractivity contribution in [2.45, 2.75) is 25.3 Å². The summed E-state index contributed by atoms with van der Waals surface area (Å²) in [7, 11) is 0. The number of aliphatic hydroxyl groups is 1. The number of ether oxygens (including phenoxy) is 1. The third kappa shape index (κ3) is 4.80. The topological polar surface area (TPSA) is 58.1 Å². The van der Waals surface area contributed by atoms with E-state index >= 15 is 0 Å². The third-order valence-corrected chi connectivity index (χ3v) is 1.79. The molecule has 0 aliphatic rings. The normalized spacial score (nSPS) is 14.1. The van der Waals surface area contributed by atoms with Gasteiger partial charge in [0.05, 0.1) is 18.9 Å². The van der Waals surface area contributed by atoms with Gasteiger partial charge in [-0.25, -0.2) is 0 Å². The SMILES string of the molecule is OC(CCCOC(F)(F)F)c1cn[nH]c1. The fourth-order valence-corrected chi connectivity index (χ4v) is 1.07. The molecule has 0 aliphatic heterocycles. The van der Waals surface area contributed by atoms with Crippen molar-refractivity contribution in [2.24, 2.45) is 0 Å². The van der Waals surface area contributed by atoms with Gasteiger partial charge in [0.2, 0.25) is 0 Å².